The van der Waals surface area contributed by atoms with Crippen LogP contribution in [0.3, 0.4) is 0 Å². The Balaban J connectivity index is 2.15. The molecule has 2 aromatic heterocycles. The van der Waals surface area contributed by atoms with Crippen LogP contribution in [0.5, 0.6) is 0 Å². The average molecular weight is 345 g/mol. The lowest BCUT2D eigenvalue weighted by atomic mass is 10.1. The first kappa shape index (κ1) is 16.9. The molecule has 4 nitrogen and oxygen atoms in total. The van der Waals surface area contributed by atoms with Crippen LogP contribution in [-0.2, 0) is 12.6 Å². The molecule has 0 spiro atoms. The van der Waals surface area contributed by atoms with Crippen molar-refractivity contribution in [3.63, 3.8) is 0 Å². The van der Waals surface area contributed by atoms with Crippen molar-refractivity contribution in [2.24, 2.45) is 0 Å². The van der Waals surface area contributed by atoms with E-state index in [1.807, 2.05) is 0 Å². The van der Waals surface area contributed by atoms with Crippen LogP contribution in [0, 0.1) is 0 Å². The first-order chi connectivity index (χ1) is 11.9. The van der Waals surface area contributed by atoms with Gasteiger partial charge in [0.25, 0.3) is 0 Å². The molecule has 3 rings (SSSR count). The molecule has 0 saturated carbocycles. The van der Waals surface area contributed by atoms with Crippen molar-refractivity contribution in [1.29, 1.82) is 0 Å². The molecule has 0 fully saturated rings. The zero-order valence-electron chi connectivity index (χ0n) is 13.3. The van der Waals surface area contributed by atoms with E-state index in [4.69, 9.17) is 0 Å². The summed E-state index contributed by atoms with van der Waals surface area (Å²) in [6, 6.07) is 12.5. The number of halogens is 3. The Bertz CT molecular complexity index is 916. The number of pyridine rings is 1. The molecule has 0 aliphatic carbocycles. The molecule has 0 N–H and O–H groups in total. The van der Waals surface area contributed by atoms with Gasteiger partial charge >= 0.3 is 6.18 Å². The van der Waals surface area contributed by atoms with Gasteiger partial charge in [-0.15, -0.1) is 0 Å². The van der Waals surface area contributed by atoms with Gasteiger partial charge in [-0.25, -0.2) is 9.67 Å². The number of benzene rings is 1. The maximum atomic E-state index is 13.3. The van der Waals surface area contributed by atoms with Gasteiger partial charge in [0.15, 0.2) is 12.1 Å². The number of aromatic nitrogens is 3. The maximum absolute atomic E-state index is 13.3. The Morgan fingerprint density at radius 2 is 1.88 bits per heavy atom. The molecule has 0 unspecified atom stereocenters. The van der Waals surface area contributed by atoms with E-state index in [2.05, 4.69) is 10.1 Å². The molecular weight excluding hydrogens is 331 g/mol. The van der Waals surface area contributed by atoms with E-state index in [9.17, 15) is 18.0 Å². The quantitative estimate of drug-likeness (QED) is 0.661. The standard InChI is InChI=1S/C18H14F3N3O/c1-2-13-10-16(18(19,20)21)24(23-13)17-9-5-8-15(22-17)14-7-4-3-6-12(14)11-25/h3-11H,2H2,1H3. The van der Waals surface area contributed by atoms with Crippen LogP contribution in [0.15, 0.2) is 48.5 Å². The Hall–Kier alpha value is -2.96. The highest BCUT2D eigenvalue weighted by molar-refractivity contribution is 5.86. The number of nitrogens with zero attached hydrogens (tertiary/aromatic N) is 3. The van der Waals surface area contributed by atoms with Gasteiger partial charge in [-0.2, -0.15) is 18.3 Å². The Morgan fingerprint density at radius 1 is 1.12 bits per heavy atom. The smallest absolute Gasteiger partial charge is 0.298 e. The predicted octanol–water partition coefficient (Wildman–Crippen LogP) is 4.33. The third kappa shape index (κ3) is 3.31. The molecule has 0 aliphatic heterocycles. The molecule has 0 radical (unpaired) electrons. The van der Waals surface area contributed by atoms with Crippen LogP contribution in [0.2, 0.25) is 0 Å². The lowest BCUT2D eigenvalue weighted by molar-refractivity contribution is -0.142. The monoisotopic (exact) mass is 345 g/mol. The van der Waals surface area contributed by atoms with Gasteiger partial charge in [0, 0.05) is 11.1 Å². The fraction of sp³-hybridized carbons (Fsp3) is 0.167. The molecule has 2 heterocycles. The lowest BCUT2D eigenvalue weighted by Crippen LogP contribution is -2.14. The first-order valence-corrected chi connectivity index (χ1v) is 7.62. The van der Waals surface area contributed by atoms with Crippen molar-refractivity contribution in [3.8, 4) is 17.1 Å². The molecule has 1 aromatic carbocycles. The van der Waals surface area contributed by atoms with Crippen molar-refractivity contribution in [2.45, 2.75) is 19.5 Å². The normalized spacial score (nSPS) is 11.5. The maximum Gasteiger partial charge on any atom is 0.433 e. The highest BCUT2D eigenvalue weighted by Gasteiger charge is 2.36. The van der Waals surface area contributed by atoms with Crippen LogP contribution in [0.4, 0.5) is 13.2 Å². The van der Waals surface area contributed by atoms with Crippen LogP contribution in [0.1, 0.15) is 28.7 Å². The summed E-state index contributed by atoms with van der Waals surface area (Å²) in [7, 11) is 0. The fourth-order valence-electron chi connectivity index (χ4n) is 2.50. The molecule has 0 atom stereocenters. The molecule has 0 amide bonds. The number of aldehydes is 1. The summed E-state index contributed by atoms with van der Waals surface area (Å²) >= 11 is 0. The number of hydrogen-bond acceptors (Lipinski definition) is 3. The van der Waals surface area contributed by atoms with Gasteiger partial charge in [-0.3, -0.25) is 4.79 Å². The van der Waals surface area contributed by atoms with Gasteiger partial charge in [-0.05, 0) is 24.6 Å². The van der Waals surface area contributed by atoms with E-state index in [1.54, 1.807) is 43.3 Å². The average Bonchev–Trinajstić information content (AvgIpc) is 3.07. The van der Waals surface area contributed by atoms with Crippen molar-refractivity contribution < 1.29 is 18.0 Å². The zero-order chi connectivity index (χ0) is 18.0. The van der Waals surface area contributed by atoms with Gasteiger partial charge in [0.05, 0.1) is 11.4 Å². The Morgan fingerprint density at radius 3 is 2.56 bits per heavy atom. The van der Waals surface area contributed by atoms with Gasteiger partial charge in [0.2, 0.25) is 0 Å². The van der Waals surface area contributed by atoms with Crippen LogP contribution >= 0.6 is 0 Å². The summed E-state index contributed by atoms with van der Waals surface area (Å²) in [6.07, 6.45) is -3.48. The summed E-state index contributed by atoms with van der Waals surface area (Å²) in [5.41, 5.74) is 0.820. The van der Waals surface area contributed by atoms with E-state index in [0.717, 1.165) is 10.7 Å². The number of alkyl halides is 3. The zero-order valence-corrected chi connectivity index (χ0v) is 13.3. The molecule has 7 heteroatoms. The number of hydrogen-bond donors (Lipinski definition) is 0. The highest BCUT2D eigenvalue weighted by atomic mass is 19.4. The summed E-state index contributed by atoms with van der Waals surface area (Å²) in [5, 5.41) is 4.01. The highest BCUT2D eigenvalue weighted by Crippen LogP contribution is 2.32. The molecule has 0 bridgehead atoms. The van der Waals surface area contributed by atoms with Crippen LogP contribution in [-0.4, -0.2) is 21.1 Å². The summed E-state index contributed by atoms with van der Waals surface area (Å²) in [5.74, 6) is 0.0465. The van der Waals surface area contributed by atoms with E-state index >= 15 is 0 Å². The van der Waals surface area contributed by atoms with Crippen molar-refractivity contribution in [1.82, 2.24) is 14.8 Å². The van der Waals surface area contributed by atoms with Crippen LogP contribution in [0.25, 0.3) is 17.1 Å². The van der Waals surface area contributed by atoms with Crippen molar-refractivity contribution in [3.05, 3.63) is 65.5 Å². The second kappa shape index (κ2) is 6.51. The molecular formula is C18H14F3N3O. The minimum atomic E-state index is -4.54. The fourth-order valence-corrected chi connectivity index (χ4v) is 2.50. The first-order valence-electron chi connectivity index (χ1n) is 7.62. The number of rotatable bonds is 4. The Kier molecular flexibility index (Phi) is 4.39. The van der Waals surface area contributed by atoms with E-state index in [-0.39, 0.29) is 5.82 Å². The van der Waals surface area contributed by atoms with Gasteiger partial charge in [0.1, 0.15) is 5.69 Å². The molecule has 128 valence electrons. The SMILES string of the molecule is CCc1cc(C(F)(F)F)n(-c2cccc(-c3ccccc3C=O)n2)n1. The minimum Gasteiger partial charge on any atom is -0.298 e. The van der Waals surface area contributed by atoms with Gasteiger partial charge in [-0.1, -0.05) is 37.3 Å². The van der Waals surface area contributed by atoms with E-state index < -0.39 is 11.9 Å². The Labute approximate surface area is 141 Å². The second-order valence-corrected chi connectivity index (χ2v) is 5.37. The molecule has 0 saturated heterocycles. The molecule has 25 heavy (non-hydrogen) atoms. The number of carbonyl (C=O) groups excluding carboxylic acids is 1. The summed E-state index contributed by atoms with van der Waals surface area (Å²) in [6.45, 7) is 1.73. The third-order valence-corrected chi connectivity index (χ3v) is 3.73. The molecule has 0 aliphatic rings. The predicted molar refractivity (Wildman–Crippen MR) is 86.6 cm³/mol. The topological polar surface area (TPSA) is 47.8 Å². The van der Waals surface area contributed by atoms with Gasteiger partial charge < -0.3 is 0 Å². The lowest BCUT2D eigenvalue weighted by Gasteiger charge is -2.11. The number of aryl methyl sites for hydroxylation is 1. The largest absolute Gasteiger partial charge is 0.433 e. The van der Waals surface area contributed by atoms with E-state index in [1.165, 1.54) is 6.07 Å². The third-order valence-electron chi connectivity index (χ3n) is 3.73. The van der Waals surface area contributed by atoms with Crippen molar-refractivity contribution >= 4 is 6.29 Å². The molecule has 3 aromatic rings. The summed E-state index contributed by atoms with van der Waals surface area (Å²) < 4.78 is 40.7. The summed E-state index contributed by atoms with van der Waals surface area (Å²) in [4.78, 5) is 15.5. The van der Waals surface area contributed by atoms with Crippen molar-refractivity contribution in [2.75, 3.05) is 0 Å². The van der Waals surface area contributed by atoms with E-state index in [0.29, 0.717) is 35.2 Å². The number of carbonyl (C=O) groups is 1. The minimum absolute atomic E-state index is 0.0465. The second-order valence-electron chi connectivity index (χ2n) is 5.37. The van der Waals surface area contributed by atoms with Crippen LogP contribution < -0.4 is 0 Å².